The van der Waals surface area contributed by atoms with Crippen molar-refractivity contribution < 1.29 is 4.79 Å². The Labute approximate surface area is 133 Å². The third-order valence-electron chi connectivity index (χ3n) is 3.41. The van der Waals surface area contributed by atoms with Gasteiger partial charge < -0.3 is 10.3 Å². The minimum Gasteiger partial charge on any atom is -0.326 e. The number of aromatic nitrogens is 2. The average Bonchev–Trinajstić information content (AvgIpc) is 2.40. The third-order valence-corrected chi connectivity index (χ3v) is 3.64. The highest BCUT2D eigenvalue weighted by Gasteiger charge is 2.10. The molecule has 1 aromatic carbocycles. The molecule has 0 aliphatic carbocycles. The Morgan fingerprint density at radius 2 is 2.05 bits per heavy atom. The fourth-order valence-corrected chi connectivity index (χ4v) is 2.49. The predicted octanol–water partition coefficient (Wildman–Crippen LogP) is 2.92. The molecular formula is C16H18ClN3O2. The predicted molar refractivity (Wildman–Crippen MR) is 87.5 cm³/mol. The molecule has 2 aromatic rings. The lowest BCUT2D eigenvalue weighted by molar-refractivity contribution is -0.116. The number of H-pyrrole nitrogens is 1. The number of nitrogens with zero attached hydrogens (tertiary/aromatic N) is 1. The number of aryl methyl sites for hydroxylation is 3. The first-order valence-electron chi connectivity index (χ1n) is 6.99. The molecule has 0 saturated heterocycles. The lowest BCUT2D eigenvalue weighted by atomic mass is 10.1. The van der Waals surface area contributed by atoms with Gasteiger partial charge in [0.05, 0.1) is 0 Å². The van der Waals surface area contributed by atoms with Gasteiger partial charge in [-0.3, -0.25) is 9.59 Å². The largest absolute Gasteiger partial charge is 0.326 e. The smallest absolute Gasteiger partial charge is 0.254 e. The van der Waals surface area contributed by atoms with Crippen molar-refractivity contribution in [3.05, 3.63) is 56.2 Å². The number of carbonyl (C=O) groups excluding carboxylic acids is 1. The van der Waals surface area contributed by atoms with Gasteiger partial charge in [0.1, 0.15) is 5.82 Å². The van der Waals surface area contributed by atoms with E-state index in [0.717, 1.165) is 11.3 Å². The summed E-state index contributed by atoms with van der Waals surface area (Å²) in [7, 11) is 0. The molecule has 2 N–H and O–H groups in total. The zero-order chi connectivity index (χ0) is 16.3. The molecular weight excluding hydrogens is 302 g/mol. The molecule has 2 rings (SSSR count). The van der Waals surface area contributed by atoms with E-state index in [1.54, 1.807) is 32.0 Å². The monoisotopic (exact) mass is 319 g/mol. The van der Waals surface area contributed by atoms with Crippen molar-refractivity contribution in [3.8, 4) is 0 Å². The summed E-state index contributed by atoms with van der Waals surface area (Å²) in [5, 5.41) is 3.46. The van der Waals surface area contributed by atoms with Gasteiger partial charge in [0.15, 0.2) is 0 Å². The third kappa shape index (κ3) is 3.95. The number of rotatable bonds is 4. The maximum atomic E-state index is 12.0. The summed E-state index contributed by atoms with van der Waals surface area (Å²) in [6.45, 7) is 5.38. The Bertz CT molecular complexity index is 768. The highest BCUT2D eigenvalue weighted by atomic mass is 35.5. The highest BCUT2D eigenvalue weighted by Crippen LogP contribution is 2.19. The number of nitrogens with one attached hydrogen (secondary N) is 2. The number of hydrogen-bond acceptors (Lipinski definition) is 3. The van der Waals surface area contributed by atoms with Crippen LogP contribution in [0.2, 0.25) is 5.02 Å². The van der Waals surface area contributed by atoms with Crippen LogP contribution in [-0.4, -0.2) is 15.9 Å². The van der Waals surface area contributed by atoms with Gasteiger partial charge in [-0.1, -0.05) is 11.6 Å². The maximum absolute atomic E-state index is 12.0. The number of benzene rings is 1. The van der Waals surface area contributed by atoms with Gasteiger partial charge in [-0.15, -0.1) is 0 Å². The van der Waals surface area contributed by atoms with Crippen LogP contribution < -0.4 is 10.9 Å². The number of hydrogen-bond donors (Lipinski definition) is 2. The topological polar surface area (TPSA) is 74.8 Å². The Hall–Kier alpha value is -2.14. The van der Waals surface area contributed by atoms with Crippen LogP contribution in [0.15, 0.2) is 23.0 Å². The number of anilines is 1. The molecule has 0 fully saturated rings. The Morgan fingerprint density at radius 3 is 2.68 bits per heavy atom. The molecule has 0 unspecified atom stereocenters. The zero-order valence-electron chi connectivity index (χ0n) is 12.8. The van der Waals surface area contributed by atoms with Gasteiger partial charge in [0, 0.05) is 28.4 Å². The first-order chi connectivity index (χ1) is 10.4. The summed E-state index contributed by atoms with van der Waals surface area (Å²) >= 11 is 5.88. The van der Waals surface area contributed by atoms with Crippen LogP contribution in [0.25, 0.3) is 0 Å². The van der Waals surface area contributed by atoms with Gasteiger partial charge in [0.2, 0.25) is 5.91 Å². The van der Waals surface area contributed by atoms with Crippen molar-refractivity contribution in [1.29, 1.82) is 0 Å². The lowest BCUT2D eigenvalue weighted by Gasteiger charge is -2.09. The fraction of sp³-hybridized carbons (Fsp3) is 0.312. The van der Waals surface area contributed by atoms with E-state index < -0.39 is 0 Å². The first kappa shape index (κ1) is 16.2. The summed E-state index contributed by atoms with van der Waals surface area (Å²) in [5.74, 6) is 0.428. The summed E-state index contributed by atoms with van der Waals surface area (Å²) in [6.07, 6.45) is 0.573. The number of halogens is 1. The van der Waals surface area contributed by atoms with Crippen molar-refractivity contribution in [3.63, 3.8) is 0 Å². The van der Waals surface area contributed by atoms with Crippen molar-refractivity contribution in [1.82, 2.24) is 9.97 Å². The second kappa shape index (κ2) is 6.75. The van der Waals surface area contributed by atoms with Crippen molar-refractivity contribution in [2.24, 2.45) is 0 Å². The van der Waals surface area contributed by atoms with Crippen molar-refractivity contribution >= 4 is 23.2 Å². The molecule has 0 atom stereocenters. The van der Waals surface area contributed by atoms with E-state index in [1.807, 2.05) is 6.92 Å². The van der Waals surface area contributed by atoms with Gasteiger partial charge in [0.25, 0.3) is 5.56 Å². The summed E-state index contributed by atoms with van der Waals surface area (Å²) < 4.78 is 0. The quantitative estimate of drug-likeness (QED) is 0.909. The van der Waals surface area contributed by atoms with Crippen LogP contribution in [0.5, 0.6) is 0 Å². The molecule has 1 aromatic heterocycles. The van der Waals surface area contributed by atoms with Crippen LogP contribution in [0.4, 0.5) is 5.69 Å². The molecule has 0 spiro atoms. The van der Waals surface area contributed by atoms with E-state index in [9.17, 15) is 9.59 Å². The van der Waals surface area contributed by atoms with Gasteiger partial charge >= 0.3 is 0 Å². The minimum absolute atomic E-state index is 0.148. The van der Waals surface area contributed by atoms with E-state index >= 15 is 0 Å². The van der Waals surface area contributed by atoms with E-state index in [1.165, 1.54) is 0 Å². The van der Waals surface area contributed by atoms with Crippen LogP contribution in [0.1, 0.15) is 29.1 Å². The molecule has 116 valence electrons. The molecule has 5 nitrogen and oxygen atoms in total. The van der Waals surface area contributed by atoms with E-state index in [0.29, 0.717) is 28.5 Å². The first-order valence-corrected chi connectivity index (χ1v) is 7.37. The standard InChI is InChI=1S/C16H18ClN3O2/c1-9-8-12(17)4-6-14(9)20-15(21)7-5-13-10(2)18-11(3)19-16(13)22/h4,6,8H,5,7H2,1-3H3,(H,20,21)(H,18,19,22). The molecule has 0 saturated carbocycles. The average molecular weight is 320 g/mol. The number of aromatic amines is 1. The van der Waals surface area contributed by atoms with E-state index in [4.69, 9.17) is 11.6 Å². The molecule has 1 amide bonds. The van der Waals surface area contributed by atoms with Gasteiger partial charge in [-0.2, -0.15) is 0 Å². The molecule has 6 heteroatoms. The van der Waals surface area contributed by atoms with Crippen molar-refractivity contribution in [2.45, 2.75) is 33.6 Å². The molecule has 0 radical (unpaired) electrons. The number of amides is 1. The summed E-state index contributed by atoms with van der Waals surface area (Å²) in [6, 6.07) is 5.28. The second-order valence-electron chi connectivity index (χ2n) is 5.22. The highest BCUT2D eigenvalue weighted by molar-refractivity contribution is 6.30. The fourth-order valence-electron chi connectivity index (χ4n) is 2.26. The molecule has 0 aliphatic rings. The molecule has 0 bridgehead atoms. The molecule has 1 heterocycles. The zero-order valence-corrected chi connectivity index (χ0v) is 13.5. The Kier molecular flexibility index (Phi) is 4.98. The van der Waals surface area contributed by atoms with Crippen LogP contribution in [0.3, 0.4) is 0 Å². The Balaban J connectivity index is 2.03. The van der Waals surface area contributed by atoms with Crippen LogP contribution >= 0.6 is 11.6 Å². The maximum Gasteiger partial charge on any atom is 0.254 e. The van der Waals surface area contributed by atoms with Gasteiger partial charge in [-0.05, 0) is 51.0 Å². The summed E-state index contributed by atoms with van der Waals surface area (Å²) in [4.78, 5) is 30.8. The normalized spacial score (nSPS) is 10.5. The van der Waals surface area contributed by atoms with Crippen LogP contribution in [-0.2, 0) is 11.2 Å². The summed E-state index contributed by atoms with van der Waals surface area (Å²) in [5.41, 5.74) is 2.65. The van der Waals surface area contributed by atoms with Crippen molar-refractivity contribution in [2.75, 3.05) is 5.32 Å². The lowest BCUT2D eigenvalue weighted by Crippen LogP contribution is -2.20. The van der Waals surface area contributed by atoms with Gasteiger partial charge in [-0.25, -0.2) is 4.98 Å². The molecule has 22 heavy (non-hydrogen) atoms. The van der Waals surface area contributed by atoms with Crippen LogP contribution in [0, 0.1) is 20.8 Å². The minimum atomic E-state index is -0.180. The second-order valence-corrected chi connectivity index (χ2v) is 5.66. The van der Waals surface area contributed by atoms with E-state index in [2.05, 4.69) is 15.3 Å². The Morgan fingerprint density at radius 1 is 1.32 bits per heavy atom. The van der Waals surface area contributed by atoms with E-state index in [-0.39, 0.29) is 17.9 Å². The number of carbonyl (C=O) groups is 1. The SMILES string of the molecule is Cc1nc(C)c(CCC(=O)Nc2ccc(Cl)cc2C)c(=O)[nH]1. The molecule has 0 aliphatic heterocycles.